The van der Waals surface area contributed by atoms with Crippen LogP contribution in [0.3, 0.4) is 0 Å². The lowest BCUT2D eigenvalue weighted by molar-refractivity contribution is -0.186. The Labute approximate surface area is 86.4 Å². The number of rotatable bonds is 3. The van der Waals surface area contributed by atoms with Gasteiger partial charge in [0.15, 0.2) is 0 Å². The third-order valence-electron chi connectivity index (χ3n) is 2.64. The molecule has 0 aromatic heterocycles. The zero-order valence-electron chi connectivity index (χ0n) is 8.39. The van der Waals surface area contributed by atoms with Crippen LogP contribution in [-0.2, 0) is 4.79 Å². The minimum absolute atomic E-state index is 0.00319. The Hall–Kier alpha value is -0.780. The zero-order chi connectivity index (χ0) is 11.5. The van der Waals surface area contributed by atoms with Crippen LogP contribution >= 0.6 is 0 Å². The molecule has 1 fully saturated rings. The normalized spacial score (nSPS) is 24.1. The molecule has 0 unspecified atom stereocenters. The predicted octanol–water partition coefficient (Wildman–Crippen LogP) is 1.14. The van der Waals surface area contributed by atoms with Crippen LogP contribution in [0, 0.1) is 5.92 Å². The van der Waals surface area contributed by atoms with Crippen molar-refractivity contribution in [1.82, 2.24) is 4.90 Å². The van der Waals surface area contributed by atoms with Crippen LogP contribution in [0.2, 0.25) is 0 Å². The summed E-state index contributed by atoms with van der Waals surface area (Å²) < 4.78 is 37.2. The van der Waals surface area contributed by atoms with Gasteiger partial charge < -0.3 is 10.6 Å². The van der Waals surface area contributed by atoms with Crippen LogP contribution in [-0.4, -0.2) is 36.6 Å². The molecule has 1 rings (SSSR count). The average molecular weight is 224 g/mol. The highest BCUT2D eigenvalue weighted by molar-refractivity contribution is 5.73. The topological polar surface area (TPSA) is 46.3 Å². The maximum Gasteiger partial charge on any atom is 0.393 e. The van der Waals surface area contributed by atoms with Crippen molar-refractivity contribution in [2.75, 3.05) is 19.6 Å². The van der Waals surface area contributed by atoms with Crippen LogP contribution in [0.25, 0.3) is 0 Å². The Kier molecular flexibility index (Phi) is 3.96. The number of halogens is 3. The first-order valence-electron chi connectivity index (χ1n) is 4.97. The summed E-state index contributed by atoms with van der Waals surface area (Å²) in [6, 6.07) is 0. The van der Waals surface area contributed by atoms with E-state index in [1.54, 1.807) is 4.90 Å². The fourth-order valence-electron chi connectivity index (χ4n) is 1.79. The molecule has 1 aliphatic rings. The second kappa shape index (κ2) is 4.83. The number of alkyl halides is 3. The van der Waals surface area contributed by atoms with Gasteiger partial charge in [0.1, 0.15) is 0 Å². The molecule has 88 valence electrons. The first kappa shape index (κ1) is 12.3. The van der Waals surface area contributed by atoms with Crippen molar-refractivity contribution in [1.29, 1.82) is 0 Å². The molecule has 0 aromatic carbocycles. The molecule has 0 saturated carbocycles. The number of primary amides is 1. The highest BCUT2D eigenvalue weighted by Gasteiger charge is 2.41. The summed E-state index contributed by atoms with van der Waals surface area (Å²) in [5.74, 6) is -1.72. The number of carbonyl (C=O) groups excluding carboxylic acids is 1. The highest BCUT2D eigenvalue weighted by atomic mass is 19.4. The Morgan fingerprint density at radius 3 is 2.67 bits per heavy atom. The molecule has 2 N–H and O–H groups in total. The van der Waals surface area contributed by atoms with E-state index < -0.39 is 18.0 Å². The molecule has 3 nitrogen and oxygen atoms in total. The van der Waals surface area contributed by atoms with Crippen LogP contribution in [0.4, 0.5) is 13.2 Å². The molecule has 1 aliphatic heterocycles. The summed E-state index contributed by atoms with van der Waals surface area (Å²) in [5.41, 5.74) is 4.94. The van der Waals surface area contributed by atoms with Gasteiger partial charge in [-0.25, -0.2) is 0 Å². The number of hydrogen-bond donors (Lipinski definition) is 1. The van der Waals surface area contributed by atoms with E-state index in [1.807, 2.05) is 0 Å². The van der Waals surface area contributed by atoms with Crippen LogP contribution in [0.1, 0.15) is 19.3 Å². The average Bonchev–Trinajstić information content (AvgIpc) is 2.14. The third-order valence-corrected chi connectivity index (χ3v) is 2.64. The summed E-state index contributed by atoms with van der Waals surface area (Å²) in [4.78, 5) is 12.2. The SMILES string of the molecule is NC(=O)CCN1CCC[C@H](C(F)(F)F)C1. The Morgan fingerprint density at radius 1 is 1.47 bits per heavy atom. The maximum absolute atomic E-state index is 12.4. The second-order valence-electron chi connectivity index (χ2n) is 3.90. The van der Waals surface area contributed by atoms with Gasteiger partial charge in [-0.1, -0.05) is 0 Å². The van der Waals surface area contributed by atoms with Gasteiger partial charge in [0, 0.05) is 19.5 Å². The molecular formula is C9H15F3N2O. The molecule has 1 saturated heterocycles. The summed E-state index contributed by atoms with van der Waals surface area (Å²) in [7, 11) is 0. The number of nitrogens with two attached hydrogens (primary N) is 1. The van der Waals surface area contributed by atoms with Crippen LogP contribution < -0.4 is 5.73 Å². The number of piperidine rings is 1. The number of amides is 1. The zero-order valence-corrected chi connectivity index (χ0v) is 8.39. The summed E-state index contributed by atoms with van der Waals surface area (Å²) >= 11 is 0. The van der Waals surface area contributed by atoms with E-state index >= 15 is 0 Å². The Balaban J connectivity index is 2.39. The van der Waals surface area contributed by atoms with Gasteiger partial charge in [0.25, 0.3) is 0 Å². The van der Waals surface area contributed by atoms with Crippen molar-refractivity contribution in [3.63, 3.8) is 0 Å². The molecule has 0 bridgehead atoms. The van der Waals surface area contributed by atoms with E-state index in [0.29, 0.717) is 19.5 Å². The van der Waals surface area contributed by atoms with Gasteiger partial charge in [-0.3, -0.25) is 4.79 Å². The molecule has 0 spiro atoms. The molecule has 0 aliphatic carbocycles. The third kappa shape index (κ3) is 4.07. The lowest BCUT2D eigenvalue weighted by atomic mass is 9.97. The lowest BCUT2D eigenvalue weighted by Gasteiger charge is -2.33. The summed E-state index contributed by atoms with van der Waals surface area (Å²) in [6.07, 6.45) is -3.27. The predicted molar refractivity (Wildman–Crippen MR) is 49.0 cm³/mol. The fourth-order valence-corrected chi connectivity index (χ4v) is 1.79. The van der Waals surface area contributed by atoms with Gasteiger partial charge in [-0.15, -0.1) is 0 Å². The molecule has 1 amide bonds. The molecular weight excluding hydrogens is 209 g/mol. The van der Waals surface area contributed by atoms with Crippen molar-refractivity contribution in [3.05, 3.63) is 0 Å². The van der Waals surface area contributed by atoms with E-state index in [9.17, 15) is 18.0 Å². The smallest absolute Gasteiger partial charge is 0.370 e. The summed E-state index contributed by atoms with van der Waals surface area (Å²) in [5, 5.41) is 0. The van der Waals surface area contributed by atoms with Crippen molar-refractivity contribution < 1.29 is 18.0 Å². The molecule has 0 aromatic rings. The van der Waals surface area contributed by atoms with Gasteiger partial charge in [-0.05, 0) is 19.4 Å². The van der Waals surface area contributed by atoms with Gasteiger partial charge in [0.05, 0.1) is 5.92 Å². The standard InChI is InChI=1S/C9H15F3N2O/c10-9(11,12)7-2-1-4-14(6-7)5-3-8(13)15/h7H,1-6H2,(H2,13,15)/t7-/m0/s1. The monoisotopic (exact) mass is 224 g/mol. The Morgan fingerprint density at radius 2 is 2.13 bits per heavy atom. The molecule has 15 heavy (non-hydrogen) atoms. The summed E-state index contributed by atoms with van der Waals surface area (Å²) in [6.45, 7) is 0.957. The lowest BCUT2D eigenvalue weighted by Crippen LogP contribution is -2.42. The largest absolute Gasteiger partial charge is 0.393 e. The van der Waals surface area contributed by atoms with Gasteiger partial charge in [0.2, 0.25) is 5.91 Å². The van der Waals surface area contributed by atoms with Crippen molar-refractivity contribution in [2.45, 2.75) is 25.4 Å². The molecule has 1 heterocycles. The first-order chi connectivity index (χ1) is 6.89. The molecule has 0 radical (unpaired) electrons. The number of hydrogen-bond acceptors (Lipinski definition) is 2. The number of likely N-dealkylation sites (tertiary alicyclic amines) is 1. The van der Waals surface area contributed by atoms with E-state index in [4.69, 9.17) is 5.73 Å². The van der Waals surface area contributed by atoms with E-state index in [-0.39, 0.29) is 19.4 Å². The first-order valence-corrected chi connectivity index (χ1v) is 4.97. The van der Waals surface area contributed by atoms with Crippen molar-refractivity contribution in [2.24, 2.45) is 11.7 Å². The molecule has 6 heteroatoms. The quantitative estimate of drug-likeness (QED) is 0.781. The minimum Gasteiger partial charge on any atom is -0.370 e. The van der Waals surface area contributed by atoms with E-state index in [0.717, 1.165) is 0 Å². The second-order valence-corrected chi connectivity index (χ2v) is 3.90. The van der Waals surface area contributed by atoms with Crippen LogP contribution in [0.15, 0.2) is 0 Å². The minimum atomic E-state index is -4.12. The van der Waals surface area contributed by atoms with Crippen molar-refractivity contribution in [3.8, 4) is 0 Å². The van der Waals surface area contributed by atoms with Gasteiger partial charge >= 0.3 is 6.18 Å². The maximum atomic E-state index is 12.4. The van der Waals surface area contributed by atoms with Crippen molar-refractivity contribution >= 4 is 5.91 Å². The van der Waals surface area contributed by atoms with Gasteiger partial charge in [-0.2, -0.15) is 13.2 Å². The van der Waals surface area contributed by atoms with E-state index in [1.165, 1.54) is 0 Å². The van der Waals surface area contributed by atoms with Crippen LogP contribution in [0.5, 0.6) is 0 Å². The number of carbonyl (C=O) groups is 1. The van der Waals surface area contributed by atoms with E-state index in [2.05, 4.69) is 0 Å². The fraction of sp³-hybridized carbons (Fsp3) is 0.889. The Bertz CT molecular complexity index is 230. The number of nitrogens with zero attached hydrogens (tertiary/aromatic N) is 1. The highest BCUT2D eigenvalue weighted by Crippen LogP contribution is 2.32. The molecule has 1 atom stereocenters.